The Morgan fingerprint density at radius 2 is 1.44 bits per heavy atom. The van der Waals surface area contributed by atoms with Gasteiger partial charge in [-0.15, -0.1) is 0 Å². The van der Waals surface area contributed by atoms with E-state index in [9.17, 15) is 0 Å². The lowest BCUT2D eigenvalue weighted by Crippen LogP contribution is -1.79. The first kappa shape index (κ1) is 11.1. The molecule has 0 atom stereocenters. The van der Waals surface area contributed by atoms with Crippen LogP contribution in [0, 0.1) is 20.8 Å². The molecule has 0 bridgehead atoms. The van der Waals surface area contributed by atoms with Crippen LogP contribution in [-0.4, -0.2) is 0 Å². The monoisotopic (exact) mass is 236 g/mol. The molecule has 3 rings (SSSR count). The van der Waals surface area contributed by atoms with E-state index in [0.29, 0.717) is 0 Å². The van der Waals surface area contributed by atoms with Crippen LogP contribution in [0.3, 0.4) is 0 Å². The Bertz CT molecular complexity index is 702. The molecule has 0 aliphatic rings. The molecular formula is C17H16O. The van der Waals surface area contributed by atoms with E-state index in [2.05, 4.69) is 56.3 Å². The van der Waals surface area contributed by atoms with Crippen molar-refractivity contribution < 1.29 is 4.42 Å². The summed E-state index contributed by atoms with van der Waals surface area (Å²) in [7, 11) is 0. The van der Waals surface area contributed by atoms with Crippen LogP contribution in [0.25, 0.3) is 22.1 Å². The van der Waals surface area contributed by atoms with Gasteiger partial charge in [0.1, 0.15) is 11.3 Å². The molecular weight excluding hydrogens is 220 g/mol. The van der Waals surface area contributed by atoms with Crippen molar-refractivity contribution in [1.29, 1.82) is 0 Å². The van der Waals surface area contributed by atoms with Gasteiger partial charge < -0.3 is 4.42 Å². The summed E-state index contributed by atoms with van der Waals surface area (Å²) in [6.07, 6.45) is 0. The number of benzene rings is 2. The lowest BCUT2D eigenvalue weighted by Gasteiger charge is -2.02. The zero-order chi connectivity index (χ0) is 12.7. The largest absolute Gasteiger partial charge is 0.461 e. The third-order valence-electron chi connectivity index (χ3n) is 3.56. The van der Waals surface area contributed by atoms with Crippen molar-refractivity contribution in [2.24, 2.45) is 0 Å². The summed E-state index contributed by atoms with van der Waals surface area (Å²) in [5.41, 5.74) is 5.99. The van der Waals surface area contributed by atoms with Crippen molar-refractivity contribution in [3.8, 4) is 11.1 Å². The number of rotatable bonds is 1. The summed E-state index contributed by atoms with van der Waals surface area (Å²) < 4.78 is 5.71. The summed E-state index contributed by atoms with van der Waals surface area (Å²) in [6.45, 7) is 6.23. The second-order valence-corrected chi connectivity index (χ2v) is 4.86. The number of furan rings is 1. The van der Waals surface area contributed by atoms with Gasteiger partial charge in [0.2, 0.25) is 0 Å². The van der Waals surface area contributed by atoms with Crippen molar-refractivity contribution in [2.75, 3.05) is 0 Å². The van der Waals surface area contributed by atoms with E-state index in [0.717, 1.165) is 11.3 Å². The van der Waals surface area contributed by atoms with Gasteiger partial charge in [0.25, 0.3) is 0 Å². The summed E-state index contributed by atoms with van der Waals surface area (Å²) in [5, 5.41) is 1.21. The minimum absolute atomic E-state index is 0.973. The Hall–Kier alpha value is -2.02. The molecule has 3 aromatic rings. The number of fused-ring (bicyclic) bond motifs is 1. The Morgan fingerprint density at radius 3 is 2.17 bits per heavy atom. The predicted molar refractivity (Wildman–Crippen MR) is 75.9 cm³/mol. The first-order valence-corrected chi connectivity index (χ1v) is 6.22. The molecule has 1 heterocycles. The molecule has 0 saturated carbocycles. The summed E-state index contributed by atoms with van der Waals surface area (Å²) in [4.78, 5) is 0. The van der Waals surface area contributed by atoms with Crippen molar-refractivity contribution in [1.82, 2.24) is 0 Å². The average Bonchev–Trinajstić information content (AvgIpc) is 2.66. The number of hydrogen-bond acceptors (Lipinski definition) is 1. The molecule has 1 aromatic heterocycles. The van der Waals surface area contributed by atoms with Gasteiger partial charge in [0, 0.05) is 5.39 Å². The molecule has 0 fully saturated rings. The van der Waals surface area contributed by atoms with E-state index < -0.39 is 0 Å². The van der Waals surface area contributed by atoms with Gasteiger partial charge in [-0.05, 0) is 49.6 Å². The number of hydrogen-bond donors (Lipinski definition) is 0. The molecule has 1 heteroatoms. The molecule has 1 nitrogen and oxygen atoms in total. The molecule has 2 aromatic carbocycles. The van der Waals surface area contributed by atoms with Crippen molar-refractivity contribution in [3.63, 3.8) is 0 Å². The summed E-state index contributed by atoms with van der Waals surface area (Å²) in [5.74, 6) is 1.01. The quantitative estimate of drug-likeness (QED) is 0.578. The zero-order valence-electron chi connectivity index (χ0n) is 10.9. The fourth-order valence-electron chi connectivity index (χ4n) is 2.27. The molecule has 0 unspecified atom stereocenters. The summed E-state index contributed by atoms with van der Waals surface area (Å²) >= 11 is 0. The highest BCUT2D eigenvalue weighted by atomic mass is 16.3. The van der Waals surface area contributed by atoms with Gasteiger partial charge in [-0.25, -0.2) is 0 Å². The van der Waals surface area contributed by atoms with E-state index in [1.807, 2.05) is 6.92 Å². The van der Waals surface area contributed by atoms with E-state index >= 15 is 0 Å². The molecule has 90 valence electrons. The molecule has 0 saturated heterocycles. The maximum absolute atomic E-state index is 5.71. The lowest BCUT2D eigenvalue weighted by molar-refractivity contribution is 0.575. The van der Waals surface area contributed by atoms with Gasteiger partial charge in [-0.1, -0.05) is 35.9 Å². The first-order valence-electron chi connectivity index (χ1n) is 6.22. The maximum atomic E-state index is 5.71. The van der Waals surface area contributed by atoms with Crippen LogP contribution in [0.2, 0.25) is 0 Å². The number of aryl methyl sites for hydroxylation is 3. The van der Waals surface area contributed by atoms with E-state index in [1.165, 1.54) is 27.6 Å². The Morgan fingerprint density at radius 1 is 0.778 bits per heavy atom. The summed E-state index contributed by atoms with van der Waals surface area (Å²) in [6, 6.07) is 15.0. The smallest absolute Gasteiger partial charge is 0.134 e. The van der Waals surface area contributed by atoms with E-state index in [4.69, 9.17) is 4.42 Å². The van der Waals surface area contributed by atoms with Gasteiger partial charge in [-0.3, -0.25) is 0 Å². The second kappa shape index (κ2) is 4.02. The minimum Gasteiger partial charge on any atom is -0.461 e. The van der Waals surface area contributed by atoms with Crippen molar-refractivity contribution >= 4 is 11.0 Å². The van der Waals surface area contributed by atoms with Gasteiger partial charge in [0.15, 0.2) is 0 Å². The van der Waals surface area contributed by atoms with Crippen LogP contribution in [-0.2, 0) is 0 Å². The van der Waals surface area contributed by atoms with Gasteiger partial charge in [-0.2, -0.15) is 0 Å². The van der Waals surface area contributed by atoms with Gasteiger partial charge in [0.05, 0.1) is 0 Å². The van der Waals surface area contributed by atoms with Crippen molar-refractivity contribution in [2.45, 2.75) is 20.8 Å². The normalized spacial score (nSPS) is 11.1. The van der Waals surface area contributed by atoms with E-state index in [-0.39, 0.29) is 0 Å². The molecule has 18 heavy (non-hydrogen) atoms. The van der Waals surface area contributed by atoms with Crippen molar-refractivity contribution in [3.05, 3.63) is 59.4 Å². The Kier molecular flexibility index (Phi) is 2.48. The molecule has 0 N–H and O–H groups in total. The topological polar surface area (TPSA) is 13.1 Å². The second-order valence-electron chi connectivity index (χ2n) is 4.86. The Balaban J connectivity index is 2.18. The Labute approximate surface area is 107 Å². The van der Waals surface area contributed by atoms with E-state index in [1.54, 1.807) is 0 Å². The average molecular weight is 236 g/mol. The third-order valence-corrected chi connectivity index (χ3v) is 3.56. The van der Waals surface area contributed by atoms with Crippen LogP contribution in [0.1, 0.15) is 16.9 Å². The molecule has 0 aliphatic heterocycles. The molecule has 0 amide bonds. The molecule has 0 radical (unpaired) electrons. The van der Waals surface area contributed by atoms with Crippen LogP contribution >= 0.6 is 0 Å². The fourth-order valence-corrected chi connectivity index (χ4v) is 2.27. The predicted octanol–water partition coefficient (Wildman–Crippen LogP) is 5.03. The standard InChI is InChI=1S/C17H16O/c1-11-4-6-14(7-5-11)15-8-9-17-16(10-15)12(2)13(3)18-17/h4-10H,1-3H3. The molecule has 0 aliphatic carbocycles. The van der Waals surface area contributed by atoms with Gasteiger partial charge >= 0.3 is 0 Å². The highest BCUT2D eigenvalue weighted by Gasteiger charge is 2.08. The van der Waals surface area contributed by atoms with Crippen LogP contribution in [0.5, 0.6) is 0 Å². The molecule has 0 spiro atoms. The van der Waals surface area contributed by atoms with Crippen LogP contribution < -0.4 is 0 Å². The zero-order valence-corrected chi connectivity index (χ0v) is 10.9. The SMILES string of the molecule is Cc1ccc(-c2ccc3oc(C)c(C)c3c2)cc1. The van der Waals surface area contributed by atoms with Crippen LogP contribution in [0.15, 0.2) is 46.9 Å². The van der Waals surface area contributed by atoms with Crippen LogP contribution in [0.4, 0.5) is 0 Å². The highest BCUT2D eigenvalue weighted by Crippen LogP contribution is 2.29. The third kappa shape index (κ3) is 1.72. The maximum Gasteiger partial charge on any atom is 0.134 e. The lowest BCUT2D eigenvalue weighted by atomic mass is 10.0. The first-order chi connectivity index (χ1) is 8.65. The highest BCUT2D eigenvalue weighted by molar-refractivity contribution is 5.87. The minimum atomic E-state index is 0.973. The fraction of sp³-hybridized carbons (Fsp3) is 0.176.